The van der Waals surface area contributed by atoms with E-state index in [-0.39, 0.29) is 11.9 Å². The van der Waals surface area contributed by atoms with Crippen molar-refractivity contribution in [1.82, 2.24) is 15.3 Å². The minimum absolute atomic E-state index is 0.0204. The molecule has 0 aliphatic rings. The summed E-state index contributed by atoms with van der Waals surface area (Å²) in [6.07, 6.45) is 2.94. The first-order valence-electron chi connectivity index (χ1n) is 11.1. The van der Waals surface area contributed by atoms with Gasteiger partial charge in [0.1, 0.15) is 5.82 Å². The highest BCUT2D eigenvalue weighted by molar-refractivity contribution is 5.91. The van der Waals surface area contributed by atoms with Gasteiger partial charge in [0.25, 0.3) is 0 Å². The second kappa shape index (κ2) is 10.1. The molecular weight excluding hydrogens is 400 g/mol. The first-order chi connectivity index (χ1) is 15.7. The van der Waals surface area contributed by atoms with Crippen molar-refractivity contribution in [3.05, 3.63) is 78.6 Å². The predicted octanol–water partition coefficient (Wildman–Crippen LogP) is 5.37. The van der Waals surface area contributed by atoms with Gasteiger partial charge >= 0.3 is 0 Å². The van der Waals surface area contributed by atoms with Gasteiger partial charge in [0.2, 0.25) is 5.91 Å². The van der Waals surface area contributed by atoms with Gasteiger partial charge in [0, 0.05) is 24.9 Å². The van der Waals surface area contributed by atoms with E-state index in [0.29, 0.717) is 24.6 Å². The molecule has 0 unspecified atom stereocenters. The first kappa shape index (κ1) is 21.6. The summed E-state index contributed by atoms with van der Waals surface area (Å²) in [5, 5.41) is 4.07. The van der Waals surface area contributed by atoms with Crippen LogP contribution in [0, 0.1) is 0 Å². The summed E-state index contributed by atoms with van der Waals surface area (Å²) >= 11 is 0. The maximum atomic E-state index is 12.7. The predicted molar refractivity (Wildman–Crippen MR) is 127 cm³/mol. The number of para-hydroxylation sites is 1. The Balaban J connectivity index is 1.55. The third-order valence-corrected chi connectivity index (χ3v) is 5.40. The number of aromatic nitrogens is 2. The van der Waals surface area contributed by atoms with Gasteiger partial charge < -0.3 is 14.6 Å². The minimum Gasteiger partial charge on any atom is -0.461 e. The van der Waals surface area contributed by atoms with Crippen molar-refractivity contribution < 1.29 is 9.21 Å². The fourth-order valence-corrected chi connectivity index (χ4v) is 3.79. The SMILES string of the molecule is CCCN(CCC(=O)N[C@@H](C)c1ccccc1)c1nc(-c2ccco2)nc2ccccc12. The number of carbonyl (C=O) groups excluding carboxylic acids is 1. The number of carbonyl (C=O) groups is 1. The Morgan fingerprint density at radius 1 is 1.00 bits per heavy atom. The van der Waals surface area contributed by atoms with E-state index >= 15 is 0 Å². The van der Waals surface area contributed by atoms with E-state index in [1.165, 1.54) is 0 Å². The third-order valence-electron chi connectivity index (χ3n) is 5.40. The third kappa shape index (κ3) is 4.97. The van der Waals surface area contributed by atoms with E-state index in [4.69, 9.17) is 9.40 Å². The molecule has 0 saturated carbocycles. The number of hydrogen-bond donors (Lipinski definition) is 1. The van der Waals surface area contributed by atoms with Crippen LogP contribution in [0.25, 0.3) is 22.5 Å². The van der Waals surface area contributed by atoms with Gasteiger partial charge in [-0.2, -0.15) is 0 Å². The molecule has 32 heavy (non-hydrogen) atoms. The lowest BCUT2D eigenvalue weighted by atomic mass is 10.1. The highest BCUT2D eigenvalue weighted by Gasteiger charge is 2.18. The Labute approximate surface area is 188 Å². The maximum absolute atomic E-state index is 12.7. The van der Waals surface area contributed by atoms with Crippen LogP contribution < -0.4 is 10.2 Å². The first-order valence-corrected chi connectivity index (χ1v) is 11.1. The molecule has 164 valence electrons. The Kier molecular flexibility index (Phi) is 6.80. The van der Waals surface area contributed by atoms with Crippen LogP contribution in [-0.2, 0) is 4.79 Å². The number of nitrogens with zero attached hydrogens (tertiary/aromatic N) is 3. The van der Waals surface area contributed by atoms with E-state index < -0.39 is 0 Å². The smallest absolute Gasteiger partial charge is 0.222 e. The molecule has 1 atom stereocenters. The summed E-state index contributed by atoms with van der Waals surface area (Å²) in [5.41, 5.74) is 1.95. The summed E-state index contributed by atoms with van der Waals surface area (Å²) in [4.78, 5) is 24.4. The molecule has 0 aliphatic heterocycles. The van der Waals surface area contributed by atoms with Crippen molar-refractivity contribution in [1.29, 1.82) is 0 Å². The number of hydrogen-bond acceptors (Lipinski definition) is 5. The average molecular weight is 429 g/mol. The molecule has 1 N–H and O–H groups in total. The van der Waals surface area contributed by atoms with Crippen LogP contribution in [-0.4, -0.2) is 29.0 Å². The van der Waals surface area contributed by atoms with Crippen LogP contribution in [0.5, 0.6) is 0 Å². The molecule has 0 saturated heterocycles. The maximum Gasteiger partial charge on any atom is 0.222 e. The van der Waals surface area contributed by atoms with E-state index in [1.807, 2.05) is 73.7 Å². The zero-order valence-electron chi connectivity index (χ0n) is 18.5. The molecule has 4 aromatic rings. The molecule has 0 aliphatic carbocycles. The fraction of sp³-hybridized carbons (Fsp3) is 0.269. The van der Waals surface area contributed by atoms with Crippen molar-refractivity contribution >= 4 is 22.6 Å². The van der Waals surface area contributed by atoms with Crippen LogP contribution in [0.15, 0.2) is 77.4 Å². The number of fused-ring (bicyclic) bond motifs is 1. The fourth-order valence-electron chi connectivity index (χ4n) is 3.79. The molecule has 6 heteroatoms. The molecule has 4 rings (SSSR count). The summed E-state index contributed by atoms with van der Waals surface area (Å²) in [7, 11) is 0. The number of rotatable bonds is 9. The second-order valence-electron chi connectivity index (χ2n) is 7.80. The van der Waals surface area contributed by atoms with Gasteiger partial charge in [-0.05, 0) is 43.2 Å². The number of amides is 1. The molecule has 2 heterocycles. The summed E-state index contributed by atoms with van der Waals surface area (Å²) in [5.74, 6) is 2.02. The van der Waals surface area contributed by atoms with E-state index in [0.717, 1.165) is 35.2 Å². The molecule has 0 radical (unpaired) electrons. The van der Waals surface area contributed by atoms with Crippen LogP contribution >= 0.6 is 0 Å². The monoisotopic (exact) mass is 428 g/mol. The molecule has 0 bridgehead atoms. The molecular formula is C26H28N4O2. The topological polar surface area (TPSA) is 71.3 Å². The number of benzene rings is 2. The van der Waals surface area contributed by atoms with Crippen molar-refractivity contribution in [2.45, 2.75) is 32.7 Å². The minimum atomic E-state index is -0.0336. The van der Waals surface area contributed by atoms with Crippen molar-refractivity contribution in [3.8, 4) is 11.6 Å². The van der Waals surface area contributed by atoms with Crippen molar-refractivity contribution in [2.75, 3.05) is 18.0 Å². The second-order valence-corrected chi connectivity index (χ2v) is 7.80. The van der Waals surface area contributed by atoms with Crippen molar-refractivity contribution in [2.24, 2.45) is 0 Å². The Morgan fingerprint density at radius 3 is 2.53 bits per heavy atom. The highest BCUT2D eigenvalue weighted by Crippen LogP contribution is 2.28. The van der Waals surface area contributed by atoms with Gasteiger partial charge in [0.15, 0.2) is 11.6 Å². The molecule has 0 spiro atoms. The van der Waals surface area contributed by atoms with Crippen LogP contribution in [0.4, 0.5) is 5.82 Å². The standard InChI is InChI=1S/C26H28N4O2/c1-3-16-30(17-15-24(31)27-19(2)20-10-5-4-6-11-20)26-21-12-7-8-13-22(21)28-25(29-26)23-14-9-18-32-23/h4-14,18-19H,3,15-17H2,1-2H3,(H,27,31)/t19-/m0/s1. The number of nitrogens with one attached hydrogen (secondary N) is 1. The van der Waals surface area contributed by atoms with Gasteiger partial charge in [0.05, 0.1) is 17.8 Å². The number of anilines is 1. The quantitative estimate of drug-likeness (QED) is 0.388. The molecule has 6 nitrogen and oxygen atoms in total. The largest absolute Gasteiger partial charge is 0.461 e. The number of furan rings is 1. The molecule has 0 fully saturated rings. The Morgan fingerprint density at radius 2 is 1.78 bits per heavy atom. The molecule has 1 amide bonds. The molecule has 2 aromatic heterocycles. The van der Waals surface area contributed by atoms with Gasteiger partial charge in [-0.15, -0.1) is 0 Å². The summed E-state index contributed by atoms with van der Waals surface area (Å²) in [6, 6.07) is 21.6. The van der Waals surface area contributed by atoms with Gasteiger partial charge in [-0.25, -0.2) is 9.97 Å². The lowest BCUT2D eigenvalue weighted by Crippen LogP contribution is -2.33. The summed E-state index contributed by atoms with van der Waals surface area (Å²) in [6.45, 7) is 5.49. The van der Waals surface area contributed by atoms with Crippen LogP contribution in [0.3, 0.4) is 0 Å². The van der Waals surface area contributed by atoms with E-state index in [2.05, 4.69) is 22.1 Å². The summed E-state index contributed by atoms with van der Waals surface area (Å²) < 4.78 is 5.54. The normalized spacial score (nSPS) is 11.9. The highest BCUT2D eigenvalue weighted by atomic mass is 16.3. The van der Waals surface area contributed by atoms with Crippen LogP contribution in [0.1, 0.15) is 38.3 Å². The zero-order chi connectivity index (χ0) is 22.3. The lowest BCUT2D eigenvalue weighted by Gasteiger charge is -2.25. The van der Waals surface area contributed by atoms with Crippen molar-refractivity contribution in [3.63, 3.8) is 0 Å². The van der Waals surface area contributed by atoms with Crippen LogP contribution in [0.2, 0.25) is 0 Å². The zero-order valence-corrected chi connectivity index (χ0v) is 18.5. The Bertz CT molecular complexity index is 1160. The van der Waals surface area contributed by atoms with Gasteiger partial charge in [-0.1, -0.05) is 49.4 Å². The van der Waals surface area contributed by atoms with E-state index in [1.54, 1.807) is 6.26 Å². The van der Waals surface area contributed by atoms with Gasteiger partial charge in [-0.3, -0.25) is 4.79 Å². The average Bonchev–Trinajstić information content (AvgIpc) is 3.37. The molecule has 2 aromatic carbocycles. The lowest BCUT2D eigenvalue weighted by molar-refractivity contribution is -0.121. The Hall–Kier alpha value is -3.67. The van der Waals surface area contributed by atoms with E-state index in [9.17, 15) is 4.79 Å².